The highest BCUT2D eigenvalue weighted by molar-refractivity contribution is 9.11. The van der Waals surface area contributed by atoms with E-state index in [2.05, 4.69) is 44.7 Å². The van der Waals surface area contributed by atoms with E-state index in [1.165, 1.54) is 0 Å². The predicted octanol–water partition coefficient (Wildman–Crippen LogP) is 2.42. The average Bonchev–Trinajstić information content (AvgIpc) is 2.64. The smallest absolute Gasteiger partial charge is 0.306 e. The topological polar surface area (TPSA) is 60.7 Å². The molecule has 0 aliphatic carbocycles. The third-order valence-electron chi connectivity index (χ3n) is 2.64. The number of fused-ring (bicyclic) bond motifs is 1. The number of benzene rings is 1. The number of hydrogen-bond acceptors (Lipinski definition) is 2. The van der Waals surface area contributed by atoms with Crippen LogP contribution in [0.4, 0.5) is 0 Å². The molecule has 1 atom stereocenters. The highest BCUT2D eigenvalue weighted by atomic mass is 79.9. The van der Waals surface area contributed by atoms with Crippen molar-refractivity contribution in [1.29, 1.82) is 0 Å². The highest BCUT2D eigenvalue weighted by Gasteiger charge is 2.06. The van der Waals surface area contributed by atoms with Crippen LogP contribution in [-0.4, -0.2) is 16.5 Å². The van der Waals surface area contributed by atoms with E-state index in [4.69, 9.17) is 0 Å². The first-order valence-electron chi connectivity index (χ1n) is 5.35. The molecule has 1 aromatic heterocycles. The van der Waals surface area contributed by atoms with Crippen molar-refractivity contribution in [2.45, 2.75) is 13.0 Å². The largest absolute Gasteiger partial charge is 0.323 e. The number of H-pyrrole nitrogens is 2. The van der Waals surface area contributed by atoms with E-state index < -0.39 is 0 Å². The van der Waals surface area contributed by atoms with Crippen LogP contribution < -0.4 is 11.0 Å². The number of aromatic amines is 2. The summed E-state index contributed by atoms with van der Waals surface area (Å²) in [5, 5.41) is 3.32. The Morgan fingerprint density at radius 3 is 2.88 bits per heavy atom. The van der Waals surface area contributed by atoms with Crippen LogP contribution in [0, 0.1) is 0 Å². The normalized spacial score (nSPS) is 12.8. The van der Waals surface area contributed by atoms with E-state index >= 15 is 0 Å². The second-order valence-electron chi connectivity index (χ2n) is 4.00. The van der Waals surface area contributed by atoms with Gasteiger partial charge < -0.3 is 15.3 Å². The van der Waals surface area contributed by atoms with E-state index in [9.17, 15) is 4.79 Å². The lowest BCUT2D eigenvalue weighted by molar-refractivity contribution is 0.616. The number of imidazole rings is 1. The van der Waals surface area contributed by atoms with Gasteiger partial charge in [-0.2, -0.15) is 0 Å². The number of aromatic nitrogens is 2. The second-order valence-corrected chi connectivity index (χ2v) is 5.13. The van der Waals surface area contributed by atoms with Crippen LogP contribution >= 0.6 is 15.9 Å². The first kappa shape index (κ1) is 12.1. The summed E-state index contributed by atoms with van der Waals surface area (Å²) in [6.07, 6.45) is 0. The quantitative estimate of drug-likeness (QED) is 0.811. The van der Waals surface area contributed by atoms with Crippen LogP contribution in [0.1, 0.15) is 18.5 Å². The molecular weight excluding hydrogens is 282 g/mol. The van der Waals surface area contributed by atoms with Gasteiger partial charge in [-0.05, 0) is 24.6 Å². The van der Waals surface area contributed by atoms with Crippen molar-refractivity contribution < 1.29 is 0 Å². The predicted molar refractivity (Wildman–Crippen MR) is 73.4 cm³/mol. The van der Waals surface area contributed by atoms with Crippen molar-refractivity contribution in [3.63, 3.8) is 0 Å². The fraction of sp³-hybridized carbons (Fsp3) is 0.250. The maximum Gasteiger partial charge on any atom is 0.323 e. The molecule has 0 aliphatic rings. The first-order valence-corrected chi connectivity index (χ1v) is 6.14. The lowest BCUT2D eigenvalue weighted by Gasteiger charge is -2.13. The van der Waals surface area contributed by atoms with Crippen LogP contribution in [0.15, 0.2) is 34.1 Å². The maximum atomic E-state index is 11.1. The Hall–Kier alpha value is -1.33. The van der Waals surface area contributed by atoms with Crippen LogP contribution in [0.2, 0.25) is 0 Å². The molecule has 17 heavy (non-hydrogen) atoms. The minimum absolute atomic E-state index is 0.174. The average molecular weight is 296 g/mol. The summed E-state index contributed by atoms with van der Waals surface area (Å²) in [6, 6.07) is 6.08. The SMILES string of the molecule is C=C(Br)CNC(C)c1ccc2[nH]c(=O)[nH]c2c1. The van der Waals surface area contributed by atoms with Crippen LogP contribution in [0.5, 0.6) is 0 Å². The number of rotatable bonds is 4. The second kappa shape index (κ2) is 4.89. The Labute approximate surface area is 107 Å². The highest BCUT2D eigenvalue weighted by Crippen LogP contribution is 2.17. The summed E-state index contributed by atoms with van der Waals surface area (Å²) >= 11 is 3.31. The third-order valence-corrected chi connectivity index (χ3v) is 2.92. The monoisotopic (exact) mass is 295 g/mol. The van der Waals surface area contributed by atoms with Gasteiger partial charge >= 0.3 is 5.69 Å². The molecule has 90 valence electrons. The number of halogens is 1. The zero-order valence-electron chi connectivity index (χ0n) is 9.51. The van der Waals surface area contributed by atoms with Crippen molar-refractivity contribution in [3.05, 3.63) is 45.3 Å². The summed E-state index contributed by atoms with van der Waals surface area (Å²) in [4.78, 5) is 16.6. The van der Waals surface area contributed by atoms with Gasteiger partial charge in [0.2, 0.25) is 0 Å². The minimum atomic E-state index is -0.174. The van der Waals surface area contributed by atoms with Gasteiger partial charge in [0.15, 0.2) is 0 Å². The molecule has 2 aromatic rings. The molecule has 0 fully saturated rings. The maximum absolute atomic E-state index is 11.1. The van der Waals surface area contributed by atoms with E-state index in [1.54, 1.807) is 0 Å². The molecule has 4 nitrogen and oxygen atoms in total. The number of hydrogen-bond donors (Lipinski definition) is 3. The summed E-state index contributed by atoms with van der Waals surface area (Å²) in [7, 11) is 0. The molecule has 1 aromatic carbocycles. The van der Waals surface area contributed by atoms with Gasteiger partial charge in [0.05, 0.1) is 11.0 Å². The van der Waals surface area contributed by atoms with Gasteiger partial charge in [-0.1, -0.05) is 28.6 Å². The van der Waals surface area contributed by atoms with E-state index in [-0.39, 0.29) is 11.7 Å². The van der Waals surface area contributed by atoms with Gasteiger partial charge in [-0.15, -0.1) is 0 Å². The van der Waals surface area contributed by atoms with Crippen molar-refractivity contribution in [2.75, 3.05) is 6.54 Å². The van der Waals surface area contributed by atoms with Crippen molar-refractivity contribution >= 4 is 27.0 Å². The molecule has 0 radical (unpaired) electrons. The molecular formula is C12H14BrN3O. The Kier molecular flexibility index (Phi) is 3.49. The third kappa shape index (κ3) is 2.87. The Bertz CT molecular complexity index is 599. The van der Waals surface area contributed by atoms with Gasteiger partial charge in [0.1, 0.15) is 0 Å². The van der Waals surface area contributed by atoms with Crippen molar-refractivity contribution in [3.8, 4) is 0 Å². The van der Waals surface area contributed by atoms with E-state index in [0.29, 0.717) is 6.54 Å². The standard InChI is InChI=1S/C12H14BrN3O/c1-7(13)6-14-8(2)9-3-4-10-11(5-9)16-12(17)15-10/h3-5,8,14H,1,6H2,2H3,(H2,15,16,17). The lowest BCUT2D eigenvalue weighted by atomic mass is 10.1. The summed E-state index contributed by atoms with van der Waals surface area (Å²) in [5.74, 6) is 0. The van der Waals surface area contributed by atoms with Crippen LogP contribution in [-0.2, 0) is 0 Å². The molecule has 3 N–H and O–H groups in total. The van der Waals surface area contributed by atoms with Crippen LogP contribution in [0.3, 0.4) is 0 Å². The Morgan fingerprint density at radius 1 is 1.47 bits per heavy atom. The van der Waals surface area contributed by atoms with E-state index in [0.717, 1.165) is 21.1 Å². The van der Waals surface area contributed by atoms with Crippen molar-refractivity contribution in [1.82, 2.24) is 15.3 Å². The molecule has 0 amide bonds. The molecule has 2 rings (SSSR count). The summed E-state index contributed by atoms with van der Waals surface area (Å²) < 4.78 is 0.917. The fourth-order valence-corrected chi connectivity index (χ4v) is 1.86. The molecule has 0 bridgehead atoms. The summed E-state index contributed by atoms with van der Waals surface area (Å²) in [5.41, 5.74) is 2.61. The zero-order valence-corrected chi connectivity index (χ0v) is 11.1. The van der Waals surface area contributed by atoms with E-state index in [1.807, 2.05) is 18.2 Å². The molecule has 1 heterocycles. The molecule has 0 saturated carbocycles. The molecule has 5 heteroatoms. The Balaban J connectivity index is 2.23. The number of nitrogens with one attached hydrogen (secondary N) is 3. The molecule has 0 spiro atoms. The first-order chi connectivity index (χ1) is 8.06. The Morgan fingerprint density at radius 2 is 2.18 bits per heavy atom. The molecule has 0 saturated heterocycles. The van der Waals surface area contributed by atoms with Gasteiger partial charge in [0.25, 0.3) is 0 Å². The lowest BCUT2D eigenvalue weighted by Crippen LogP contribution is -2.19. The van der Waals surface area contributed by atoms with Crippen LogP contribution in [0.25, 0.3) is 11.0 Å². The fourth-order valence-electron chi connectivity index (χ4n) is 1.70. The molecule has 0 aliphatic heterocycles. The summed E-state index contributed by atoms with van der Waals surface area (Å²) in [6.45, 7) is 6.56. The van der Waals surface area contributed by atoms with Crippen molar-refractivity contribution in [2.24, 2.45) is 0 Å². The minimum Gasteiger partial charge on any atom is -0.306 e. The van der Waals surface area contributed by atoms with Gasteiger partial charge in [-0.3, -0.25) is 0 Å². The van der Waals surface area contributed by atoms with Gasteiger partial charge in [0, 0.05) is 17.1 Å². The molecule has 1 unspecified atom stereocenters. The van der Waals surface area contributed by atoms with Gasteiger partial charge in [-0.25, -0.2) is 4.79 Å². The zero-order chi connectivity index (χ0) is 12.4.